The minimum Gasteiger partial charge on any atom is -0.319 e. The first-order chi connectivity index (χ1) is 5.33. The van der Waals surface area contributed by atoms with Gasteiger partial charge < -0.3 is 10.2 Å². The van der Waals surface area contributed by atoms with Gasteiger partial charge >= 0.3 is 0 Å². The fraction of sp³-hybridized carbons (Fsp3) is 0.778. The van der Waals surface area contributed by atoms with E-state index in [1.165, 1.54) is 19.4 Å². The summed E-state index contributed by atoms with van der Waals surface area (Å²) in [7, 11) is 4.18. The minimum absolute atomic E-state index is 1.12. The molecule has 0 unspecified atom stereocenters. The van der Waals surface area contributed by atoms with Gasteiger partial charge in [-0.3, -0.25) is 0 Å². The molecule has 0 amide bonds. The molecule has 0 aromatic heterocycles. The first kappa shape index (κ1) is 8.75. The van der Waals surface area contributed by atoms with Gasteiger partial charge in [0.25, 0.3) is 0 Å². The van der Waals surface area contributed by atoms with E-state index < -0.39 is 0 Å². The summed E-state index contributed by atoms with van der Waals surface area (Å²) in [6.45, 7) is 3.49. The zero-order chi connectivity index (χ0) is 8.10. The largest absolute Gasteiger partial charge is 0.319 e. The normalized spacial score (nSPS) is 20.0. The molecule has 0 aliphatic carbocycles. The maximum atomic E-state index is 3.17. The monoisotopic (exact) mass is 154 g/mol. The van der Waals surface area contributed by atoms with Crippen LogP contribution in [0.2, 0.25) is 0 Å². The van der Waals surface area contributed by atoms with E-state index >= 15 is 0 Å². The van der Waals surface area contributed by atoms with E-state index in [0.717, 1.165) is 13.1 Å². The fourth-order valence-corrected chi connectivity index (χ4v) is 1.33. The molecule has 1 N–H and O–H groups in total. The average Bonchev–Trinajstić information content (AvgIpc) is 2.04. The van der Waals surface area contributed by atoms with E-state index in [-0.39, 0.29) is 0 Å². The molecular weight excluding hydrogens is 136 g/mol. The second kappa shape index (κ2) is 4.52. The summed E-state index contributed by atoms with van der Waals surface area (Å²) < 4.78 is 0. The van der Waals surface area contributed by atoms with Gasteiger partial charge in [0.1, 0.15) is 0 Å². The number of hydrogen-bond donors (Lipinski definition) is 1. The molecule has 1 rings (SSSR count). The van der Waals surface area contributed by atoms with Crippen molar-refractivity contribution in [2.24, 2.45) is 0 Å². The lowest BCUT2D eigenvalue weighted by Gasteiger charge is -2.21. The molecule has 0 spiro atoms. The van der Waals surface area contributed by atoms with Gasteiger partial charge in [-0.25, -0.2) is 0 Å². The van der Waals surface area contributed by atoms with Crippen LogP contribution in [-0.4, -0.2) is 38.6 Å². The Kier molecular flexibility index (Phi) is 3.60. The van der Waals surface area contributed by atoms with Crippen LogP contribution in [0.5, 0.6) is 0 Å². The van der Waals surface area contributed by atoms with Crippen molar-refractivity contribution in [2.45, 2.75) is 12.8 Å². The van der Waals surface area contributed by atoms with Gasteiger partial charge in [-0.1, -0.05) is 11.6 Å². The van der Waals surface area contributed by atoms with Crippen LogP contribution in [0.1, 0.15) is 12.8 Å². The summed E-state index contributed by atoms with van der Waals surface area (Å²) in [4.78, 5) is 2.35. The predicted molar refractivity (Wildman–Crippen MR) is 48.7 cm³/mol. The quantitative estimate of drug-likeness (QED) is 0.606. The molecule has 0 saturated carbocycles. The van der Waals surface area contributed by atoms with Crippen molar-refractivity contribution >= 4 is 0 Å². The van der Waals surface area contributed by atoms with Crippen molar-refractivity contribution < 1.29 is 0 Å². The topological polar surface area (TPSA) is 15.3 Å². The molecule has 11 heavy (non-hydrogen) atoms. The van der Waals surface area contributed by atoms with Crippen molar-refractivity contribution in [1.29, 1.82) is 0 Å². The summed E-state index contributed by atoms with van der Waals surface area (Å²) in [6, 6.07) is 0. The average molecular weight is 154 g/mol. The highest BCUT2D eigenvalue weighted by molar-refractivity contribution is 5.07. The zero-order valence-electron chi connectivity index (χ0n) is 7.56. The first-order valence-corrected chi connectivity index (χ1v) is 4.34. The molecule has 0 aromatic carbocycles. The summed E-state index contributed by atoms with van der Waals surface area (Å²) >= 11 is 0. The first-order valence-electron chi connectivity index (χ1n) is 4.34. The van der Waals surface area contributed by atoms with E-state index in [2.05, 4.69) is 23.3 Å². The SMILES string of the molecule is CNCCC1=CCN(C)CC1. The molecule has 0 atom stereocenters. The van der Waals surface area contributed by atoms with Gasteiger partial charge in [0, 0.05) is 13.1 Å². The van der Waals surface area contributed by atoms with E-state index in [4.69, 9.17) is 0 Å². The summed E-state index contributed by atoms with van der Waals surface area (Å²) in [5.41, 5.74) is 1.62. The molecule has 2 heteroatoms. The molecule has 1 aliphatic rings. The Bertz CT molecular complexity index is 140. The highest BCUT2D eigenvalue weighted by Gasteiger charge is 2.05. The number of hydrogen-bond acceptors (Lipinski definition) is 2. The van der Waals surface area contributed by atoms with Crippen molar-refractivity contribution in [2.75, 3.05) is 33.7 Å². The summed E-state index contributed by atoms with van der Waals surface area (Å²) in [5, 5.41) is 3.17. The van der Waals surface area contributed by atoms with Crippen LogP contribution in [0.4, 0.5) is 0 Å². The number of nitrogens with zero attached hydrogens (tertiary/aromatic N) is 1. The van der Waals surface area contributed by atoms with Gasteiger partial charge in [0.2, 0.25) is 0 Å². The Labute approximate surface area is 69.3 Å². The third kappa shape index (κ3) is 3.04. The standard InChI is InChI=1S/C9H18N2/c1-10-6-3-9-4-7-11(2)8-5-9/h4,10H,3,5-8H2,1-2H3. The number of likely N-dealkylation sites (N-methyl/N-ethyl adjacent to an activating group) is 1. The molecule has 2 nitrogen and oxygen atoms in total. The van der Waals surface area contributed by atoms with Gasteiger partial charge in [-0.05, 0) is 33.5 Å². The highest BCUT2D eigenvalue weighted by Crippen LogP contribution is 2.11. The van der Waals surface area contributed by atoms with Crippen molar-refractivity contribution in [3.05, 3.63) is 11.6 Å². The Morgan fingerprint density at radius 1 is 1.64 bits per heavy atom. The highest BCUT2D eigenvalue weighted by atomic mass is 15.1. The van der Waals surface area contributed by atoms with Crippen LogP contribution in [0, 0.1) is 0 Å². The Morgan fingerprint density at radius 3 is 3.00 bits per heavy atom. The molecule has 0 aromatic rings. The van der Waals surface area contributed by atoms with Crippen LogP contribution >= 0.6 is 0 Å². The molecule has 0 fully saturated rings. The lowest BCUT2D eigenvalue weighted by Crippen LogP contribution is -2.24. The number of rotatable bonds is 3. The van der Waals surface area contributed by atoms with Crippen molar-refractivity contribution in [3.8, 4) is 0 Å². The minimum atomic E-state index is 1.12. The van der Waals surface area contributed by atoms with Crippen LogP contribution in [0.3, 0.4) is 0 Å². The molecule has 1 heterocycles. The van der Waals surface area contributed by atoms with Gasteiger partial charge in [-0.15, -0.1) is 0 Å². The van der Waals surface area contributed by atoms with E-state index in [1.807, 2.05) is 7.05 Å². The van der Waals surface area contributed by atoms with Gasteiger partial charge in [0.15, 0.2) is 0 Å². The summed E-state index contributed by atoms with van der Waals surface area (Å²) in [6.07, 6.45) is 4.85. The fourth-order valence-electron chi connectivity index (χ4n) is 1.33. The molecule has 0 saturated heterocycles. The van der Waals surface area contributed by atoms with E-state index in [9.17, 15) is 0 Å². The Balaban J connectivity index is 2.24. The van der Waals surface area contributed by atoms with Crippen molar-refractivity contribution in [3.63, 3.8) is 0 Å². The van der Waals surface area contributed by atoms with Crippen molar-refractivity contribution in [1.82, 2.24) is 10.2 Å². The second-order valence-electron chi connectivity index (χ2n) is 3.23. The Morgan fingerprint density at radius 2 is 2.45 bits per heavy atom. The third-order valence-corrected chi connectivity index (χ3v) is 2.20. The van der Waals surface area contributed by atoms with Crippen LogP contribution < -0.4 is 5.32 Å². The molecule has 1 aliphatic heterocycles. The third-order valence-electron chi connectivity index (χ3n) is 2.20. The lowest BCUT2D eigenvalue weighted by atomic mass is 10.1. The number of nitrogens with one attached hydrogen (secondary N) is 1. The predicted octanol–water partition coefficient (Wildman–Crippen LogP) is 0.858. The zero-order valence-corrected chi connectivity index (χ0v) is 7.56. The maximum Gasteiger partial charge on any atom is 0.0162 e. The molecular formula is C9H18N2. The van der Waals surface area contributed by atoms with Crippen LogP contribution in [0.25, 0.3) is 0 Å². The second-order valence-corrected chi connectivity index (χ2v) is 3.23. The molecule has 0 bridgehead atoms. The van der Waals surface area contributed by atoms with E-state index in [0.29, 0.717) is 0 Å². The van der Waals surface area contributed by atoms with Gasteiger partial charge in [-0.2, -0.15) is 0 Å². The van der Waals surface area contributed by atoms with E-state index in [1.54, 1.807) is 5.57 Å². The van der Waals surface area contributed by atoms with Crippen LogP contribution in [-0.2, 0) is 0 Å². The summed E-state index contributed by atoms with van der Waals surface area (Å²) in [5.74, 6) is 0. The Hall–Kier alpha value is -0.340. The smallest absolute Gasteiger partial charge is 0.0162 e. The van der Waals surface area contributed by atoms with Gasteiger partial charge in [0.05, 0.1) is 0 Å². The maximum absolute atomic E-state index is 3.17. The van der Waals surface area contributed by atoms with Crippen LogP contribution in [0.15, 0.2) is 11.6 Å². The molecule has 0 radical (unpaired) electrons. The lowest BCUT2D eigenvalue weighted by molar-refractivity contribution is 0.356. The molecule has 64 valence electrons.